The summed E-state index contributed by atoms with van der Waals surface area (Å²) in [6.07, 6.45) is 0. The van der Waals surface area contributed by atoms with Gasteiger partial charge in [-0.15, -0.1) is 0 Å². The van der Waals surface area contributed by atoms with Crippen molar-refractivity contribution in [1.29, 1.82) is 0 Å². The molecule has 1 aliphatic heterocycles. The number of piperazine rings is 1. The van der Waals surface area contributed by atoms with Gasteiger partial charge in [0.2, 0.25) is 0 Å². The number of likely N-dealkylation sites (N-methyl/N-ethyl adjacent to an activating group) is 1. The van der Waals surface area contributed by atoms with Crippen LogP contribution in [0.25, 0.3) is 0 Å². The molecule has 0 radical (unpaired) electrons. The number of hydrogen-bond acceptors (Lipinski definition) is 6. The molecule has 1 heterocycles. The molecular formula is C13H30N4O2. The second kappa shape index (κ2) is 8.84. The molecule has 6 heteroatoms. The first kappa shape index (κ1) is 16.8. The lowest BCUT2D eigenvalue weighted by Gasteiger charge is -2.40. The van der Waals surface area contributed by atoms with Crippen molar-refractivity contribution in [3.05, 3.63) is 0 Å². The van der Waals surface area contributed by atoms with Crippen LogP contribution in [-0.4, -0.2) is 106 Å². The topological polar surface area (TPSA) is 65.2 Å². The molecular weight excluding hydrogens is 244 g/mol. The summed E-state index contributed by atoms with van der Waals surface area (Å²) in [6, 6.07) is -0.112. The van der Waals surface area contributed by atoms with Crippen molar-refractivity contribution in [2.45, 2.75) is 12.1 Å². The molecule has 2 atom stereocenters. The predicted molar refractivity (Wildman–Crippen MR) is 77.3 cm³/mol. The van der Waals surface area contributed by atoms with E-state index in [1.165, 1.54) is 0 Å². The van der Waals surface area contributed by atoms with E-state index in [2.05, 4.69) is 28.8 Å². The molecule has 1 rings (SSSR count). The van der Waals surface area contributed by atoms with Gasteiger partial charge in [0, 0.05) is 52.4 Å². The van der Waals surface area contributed by atoms with Crippen molar-refractivity contribution in [2.75, 3.05) is 73.7 Å². The van der Waals surface area contributed by atoms with Gasteiger partial charge in [0.25, 0.3) is 0 Å². The zero-order valence-electron chi connectivity index (χ0n) is 12.6. The summed E-state index contributed by atoms with van der Waals surface area (Å²) in [6.45, 7) is 6.82. The number of rotatable bonds is 8. The Kier molecular flexibility index (Phi) is 7.82. The number of nitrogens with zero attached hydrogens (tertiary/aromatic N) is 3. The Bertz CT molecular complexity index is 233. The van der Waals surface area contributed by atoms with Gasteiger partial charge >= 0.3 is 0 Å². The van der Waals surface area contributed by atoms with Gasteiger partial charge in [0.15, 0.2) is 0 Å². The molecule has 19 heavy (non-hydrogen) atoms. The maximum absolute atomic E-state index is 9.52. The zero-order chi connectivity index (χ0) is 14.3. The summed E-state index contributed by atoms with van der Waals surface area (Å²) in [5, 5.41) is 9.52. The summed E-state index contributed by atoms with van der Waals surface area (Å²) in [5.74, 6) is 0. The van der Waals surface area contributed by atoms with Crippen LogP contribution in [0.15, 0.2) is 0 Å². The average molecular weight is 274 g/mol. The number of hydrogen-bond donors (Lipinski definition) is 2. The molecule has 114 valence electrons. The highest BCUT2D eigenvalue weighted by atomic mass is 16.5. The molecule has 0 aliphatic carbocycles. The summed E-state index contributed by atoms with van der Waals surface area (Å²) < 4.78 is 5.08. The van der Waals surface area contributed by atoms with E-state index in [0.29, 0.717) is 6.61 Å². The summed E-state index contributed by atoms with van der Waals surface area (Å²) in [5.41, 5.74) is 6.06. The monoisotopic (exact) mass is 274 g/mol. The molecule has 1 saturated heterocycles. The summed E-state index contributed by atoms with van der Waals surface area (Å²) in [4.78, 5) is 6.96. The Morgan fingerprint density at radius 3 is 2.37 bits per heavy atom. The van der Waals surface area contributed by atoms with E-state index in [1.807, 2.05) is 0 Å². The predicted octanol–water partition coefficient (Wildman–Crippen LogP) is -1.50. The van der Waals surface area contributed by atoms with Crippen molar-refractivity contribution in [3.8, 4) is 0 Å². The Balaban J connectivity index is 2.34. The molecule has 1 fully saturated rings. The first-order valence-corrected chi connectivity index (χ1v) is 7.05. The number of methoxy groups -OCH3 is 1. The second-order valence-corrected chi connectivity index (χ2v) is 5.55. The first-order valence-electron chi connectivity index (χ1n) is 7.05. The fraction of sp³-hybridized carbons (Fsp3) is 1.00. The van der Waals surface area contributed by atoms with Gasteiger partial charge in [-0.2, -0.15) is 0 Å². The Labute approximate surface area is 117 Å². The van der Waals surface area contributed by atoms with Gasteiger partial charge in [-0.05, 0) is 14.1 Å². The van der Waals surface area contributed by atoms with Gasteiger partial charge < -0.3 is 20.5 Å². The number of ether oxygens (including phenoxy) is 1. The third kappa shape index (κ3) is 5.72. The van der Waals surface area contributed by atoms with Crippen LogP contribution in [-0.2, 0) is 4.74 Å². The number of aliphatic hydroxyl groups excluding tert-OH is 1. The van der Waals surface area contributed by atoms with Crippen LogP contribution in [0, 0.1) is 0 Å². The molecule has 0 aromatic carbocycles. The standard InChI is InChI=1S/C13H30N4O2/c1-15(2)4-5-16-6-8-17(9-7-16)13(10-18)12(14)11-19-3/h12-13,18H,4-11,14H2,1-3H3. The lowest BCUT2D eigenvalue weighted by atomic mass is 10.1. The molecule has 1 aliphatic rings. The molecule has 2 unspecified atom stereocenters. The maximum Gasteiger partial charge on any atom is 0.0629 e. The van der Waals surface area contributed by atoms with E-state index in [4.69, 9.17) is 10.5 Å². The fourth-order valence-corrected chi connectivity index (χ4v) is 2.49. The lowest BCUT2D eigenvalue weighted by Crippen LogP contribution is -2.58. The maximum atomic E-state index is 9.52. The minimum atomic E-state index is -0.122. The molecule has 6 nitrogen and oxygen atoms in total. The molecule has 0 aromatic rings. The van der Waals surface area contributed by atoms with Crippen LogP contribution >= 0.6 is 0 Å². The van der Waals surface area contributed by atoms with E-state index in [-0.39, 0.29) is 18.7 Å². The minimum absolute atomic E-state index is 0.0101. The van der Waals surface area contributed by atoms with Crippen LogP contribution in [0.4, 0.5) is 0 Å². The average Bonchev–Trinajstić information content (AvgIpc) is 2.39. The second-order valence-electron chi connectivity index (χ2n) is 5.55. The number of aliphatic hydroxyl groups is 1. The summed E-state index contributed by atoms with van der Waals surface area (Å²) in [7, 11) is 5.84. The van der Waals surface area contributed by atoms with Crippen molar-refractivity contribution in [1.82, 2.24) is 14.7 Å². The zero-order valence-corrected chi connectivity index (χ0v) is 12.6. The quantitative estimate of drug-likeness (QED) is 0.562. The van der Waals surface area contributed by atoms with E-state index < -0.39 is 0 Å². The van der Waals surface area contributed by atoms with Crippen LogP contribution in [0.3, 0.4) is 0 Å². The van der Waals surface area contributed by atoms with Crippen molar-refractivity contribution in [3.63, 3.8) is 0 Å². The van der Waals surface area contributed by atoms with Gasteiger partial charge in [0.1, 0.15) is 0 Å². The Hall–Kier alpha value is -0.240. The Morgan fingerprint density at radius 2 is 1.89 bits per heavy atom. The largest absolute Gasteiger partial charge is 0.395 e. The SMILES string of the molecule is COCC(N)C(CO)N1CCN(CCN(C)C)CC1. The third-order valence-corrected chi connectivity index (χ3v) is 3.78. The highest BCUT2D eigenvalue weighted by Gasteiger charge is 2.27. The van der Waals surface area contributed by atoms with Crippen molar-refractivity contribution < 1.29 is 9.84 Å². The third-order valence-electron chi connectivity index (χ3n) is 3.78. The van der Waals surface area contributed by atoms with Gasteiger partial charge in [0.05, 0.1) is 19.3 Å². The fourth-order valence-electron chi connectivity index (χ4n) is 2.49. The summed E-state index contributed by atoms with van der Waals surface area (Å²) >= 11 is 0. The van der Waals surface area contributed by atoms with E-state index in [9.17, 15) is 5.11 Å². The van der Waals surface area contributed by atoms with Crippen LogP contribution < -0.4 is 5.73 Å². The minimum Gasteiger partial charge on any atom is -0.395 e. The molecule has 3 N–H and O–H groups in total. The van der Waals surface area contributed by atoms with Gasteiger partial charge in [-0.25, -0.2) is 0 Å². The molecule has 0 aromatic heterocycles. The molecule has 0 spiro atoms. The van der Waals surface area contributed by atoms with Gasteiger partial charge in [-0.1, -0.05) is 0 Å². The molecule has 0 amide bonds. The van der Waals surface area contributed by atoms with Crippen molar-refractivity contribution in [2.24, 2.45) is 5.73 Å². The normalized spacial score (nSPS) is 21.8. The van der Waals surface area contributed by atoms with Gasteiger partial charge in [-0.3, -0.25) is 9.80 Å². The molecule has 0 bridgehead atoms. The number of nitrogens with two attached hydrogens (primary N) is 1. The van der Waals surface area contributed by atoms with E-state index in [1.54, 1.807) is 7.11 Å². The Morgan fingerprint density at radius 1 is 1.26 bits per heavy atom. The smallest absolute Gasteiger partial charge is 0.0629 e. The molecule has 0 saturated carbocycles. The van der Waals surface area contributed by atoms with Crippen LogP contribution in [0.5, 0.6) is 0 Å². The van der Waals surface area contributed by atoms with Crippen LogP contribution in [0.2, 0.25) is 0 Å². The van der Waals surface area contributed by atoms with Crippen LogP contribution in [0.1, 0.15) is 0 Å². The highest BCUT2D eigenvalue weighted by molar-refractivity contribution is 4.85. The van der Waals surface area contributed by atoms with E-state index >= 15 is 0 Å². The first-order chi connectivity index (χ1) is 9.08. The lowest BCUT2D eigenvalue weighted by molar-refractivity contribution is 0.0346. The van der Waals surface area contributed by atoms with E-state index in [0.717, 1.165) is 39.3 Å². The highest BCUT2D eigenvalue weighted by Crippen LogP contribution is 2.09. The van der Waals surface area contributed by atoms with Crippen molar-refractivity contribution >= 4 is 0 Å².